The van der Waals surface area contributed by atoms with Gasteiger partial charge in [0, 0.05) is 6.20 Å². The van der Waals surface area contributed by atoms with E-state index >= 15 is 0 Å². The fourth-order valence-electron chi connectivity index (χ4n) is 0.136. The molecule has 5 heteroatoms. The summed E-state index contributed by atoms with van der Waals surface area (Å²) in [6.07, 6.45) is 0.912. The summed E-state index contributed by atoms with van der Waals surface area (Å²) in [6, 6.07) is 0. The predicted molar refractivity (Wildman–Crippen MR) is 26.7 cm³/mol. The highest BCUT2D eigenvalue weighted by molar-refractivity contribution is 5.86. The van der Waals surface area contributed by atoms with Crippen molar-refractivity contribution >= 4 is 5.97 Å². The first-order chi connectivity index (χ1) is 3.72. The molecule has 0 amide bonds. The van der Waals surface area contributed by atoms with Crippen LogP contribution in [0.15, 0.2) is 11.9 Å². The van der Waals surface area contributed by atoms with E-state index in [4.69, 9.17) is 11.5 Å². The average molecular weight is 117 g/mol. The van der Waals surface area contributed by atoms with Gasteiger partial charge in [0.1, 0.15) is 5.70 Å². The summed E-state index contributed by atoms with van der Waals surface area (Å²) in [5.41, 5.74) is 9.51. The predicted octanol–water partition coefficient (Wildman–Crippen LogP) is -1.84. The van der Waals surface area contributed by atoms with Crippen LogP contribution < -0.4 is 17.4 Å². The second kappa shape index (κ2) is 2.86. The molecule has 0 aromatic heterocycles. The maximum absolute atomic E-state index is 10.1. The highest BCUT2D eigenvalue weighted by Crippen LogP contribution is 1.79. The standard InChI is InChI=1S/C3H7N3O2/c4-1-2(5)3(7)8-6/h1H,4-6H2. The first-order valence-electron chi connectivity index (χ1n) is 1.80. The molecule has 5 nitrogen and oxygen atoms in total. The lowest BCUT2D eigenvalue weighted by Crippen LogP contribution is -2.19. The molecule has 0 saturated heterocycles. The Morgan fingerprint density at radius 1 is 1.62 bits per heavy atom. The summed E-state index contributed by atoms with van der Waals surface area (Å²) >= 11 is 0. The molecular formula is C3H7N3O2. The second-order valence-electron chi connectivity index (χ2n) is 1.03. The molecule has 0 atom stereocenters. The first-order valence-corrected chi connectivity index (χ1v) is 1.80. The normalized spacial score (nSPS) is 10.9. The van der Waals surface area contributed by atoms with Gasteiger partial charge in [-0.05, 0) is 0 Å². The first kappa shape index (κ1) is 6.77. The highest BCUT2D eigenvalue weighted by Gasteiger charge is 2.01. The molecule has 0 heterocycles. The molecule has 0 spiro atoms. The molecule has 0 radical (unpaired) electrons. The molecule has 0 unspecified atom stereocenters. The van der Waals surface area contributed by atoms with Gasteiger partial charge in [0.05, 0.1) is 0 Å². The second-order valence-corrected chi connectivity index (χ2v) is 1.03. The van der Waals surface area contributed by atoms with E-state index in [-0.39, 0.29) is 5.70 Å². The molecule has 0 aromatic rings. The van der Waals surface area contributed by atoms with Crippen LogP contribution in [0.3, 0.4) is 0 Å². The number of rotatable bonds is 1. The van der Waals surface area contributed by atoms with Crippen LogP contribution in [0.1, 0.15) is 0 Å². The third-order valence-electron chi connectivity index (χ3n) is 0.522. The Morgan fingerprint density at radius 2 is 2.12 bits per heavy atom. The van der Waals surface area contributed by atoms with Crippen molar-refractivity contribution in [1.29, 1.82) is 0 Å². The summed E-state index contributed by atoms with van der Waals surface area (Å²) < 4.78 is 0. The van der Waals surface area contributed by atoms with Crippen LogP contribution in [0.25, 0.3) is 0 Å². The van der Waals surface area contributed by atoms with Crippen LogP contribution in [0.5, 0.6) is 0 Å². The van der Waals surface area contributed by atoms with Crippen LogP contribution in [-0.4, -0.2) is 5.97 Å². The molecule has 0 aromatic carbocycles. The summed E-state index contributed by atoms with van der Waals surface area (Å²) in [4.78, 5) is 13.8. The van der Waals surface area contributed by atoms with Crippen molar-refractivity contribution in [3.8, 4) is 0 Å². The number of nitrogens with two attached hydrogens (primary N) is 3. The lowest BCUT2D eigenvalue weighted by atomic mass is 10.5. The van der Waals surface area contributed by atoms with Crippen LogP contribution >= 0.6 is 0 Å². The van der Waals surface area contributed by atoms with Gasteiger partial charge in [0.2, 0.25) is 0 Å². The minimum absolute atomic E-state index is 0.201. The molecule has 0 rings (SSSR count). The number of carbonyl (C=O) groups is 1. The van der Waals surface area contributed by atoms with E-state index in [0.29, 0.717) is 0 Å². The zero-order valence-corrected chi connectivity index (χ0v) is 4.13. The Morgan fingerprint density at radius 3 is 2.25 bits per heavy atom. The topological polar surface area (TPSA) is 104 Å². The van der Waals surface area contributed by atoms with E-state index in [9.17, 15) is 4.79 Å². The highest BCUT2D eigenvalue weighted by atomic mass is 16.7. The zero-order valence-electron chi connectivity index (χ0n) is 4.13. The fourth-order valence-corrected chi connectivity index (χ4v) is 0.136. The average Bonchev–Trinajstić information content (AvgIpc) is 1.84. The van der Waals surface area contributed by atoms with E-state index in [1.54, 1.807) is 0 Å². The van der Waals surface area contributed by atoms with E-state index in [2.05, 4.69) is 10.7 Å². The van der Waals surface area contributed by atoms with E-state index in [1.807, 2.05) is 0 Å². The molecule has 0 fully saturated rings. The maximum Gasteiger partial charge on any atom is 0.374 e. The van der Waals surface area contributed by atoms with Gasteiger partial charge in [0.15, 0.2) is 0 Å². The van der Waals surface area contributed by atoms with Gasteiger partial charge in [-0.2, -0.15) is 5.90 Å². The Bertz CT molecular complexity index is 120. The largest absolute Gasteiger partial charge is 0.403 e. The molecule has 6 N–H and O–H groups in total. The van der Waals surface area contributed by atoms with Crippen molar-refractivity contribution < 1.29 is 9.63 Å². The number of hydrogen-bond donors (Lipinski definition) is 3. The Kier molecular flexibility index (Phi) is 2.42. The molecule has 0 saturated carbocycles. The van der Waals surface area contributed by atoms with Gasteiger partial charge in [-0.3, -0.25) is 0 Å². The third kappa shape index (κ3) is 1.48. The molecule has 8 heavy (non-hydrogen) atoms. The quantitative estimate of drug-likeness (QED) is 0.276. The Hall–Kier alpha value is -1.23. The van der Waals surface area contributed by atoms with Gasteiger partial charge in [-0.25, -0.2) is 4.79 Å². The van der Waals surface area contributed by atoms with E-state index < -0.39 is 5.97 Å². The summed E-state index contributed by atoms with van der Waals surface area (Å²) in [5.74, 6) is 3.60. The van der Waals surface area contributed by atoms with Crippen molar-refractivity contribution in [3.05, 3.63) is 11.9 Å². The van der Waals surface area contributed by atoms with Gasteiger partial charge in [-0.15, -0.1) is 0 Å². The Balaban J connectivity index is 3.83. The summed E-state index contributed by atoms with van der Waals surface area (Å²) in [7, 11) is 0. The van der Waals surface area contributed by atoms with E-state index in [0.717, 1.165) is 6.20 Å². The molecule has 0 aliphatic heterocycles. The van der Waals surface area contributed by atoms with Gasteiger partial charge in [0.25, 0.3) is 0 Å². The van der Waals surface area contributed by atoms with Crippen LogP contribution in [0.4, 0.5) is 0 Å². The van der Waals surface area contributed by atoms with Crippen LogP contribution in [0, 0.1) is 0 Å². The van der Waals surface area contributed by atoms with Crippen molar-refractivity contribution in [2.24, 2.45) is 17.4 Å². The minimum atomic E-state index is -0.826. The lowest BCUT2D eigenvalue weighted by Gasteiger charge is -1.92. The monoisotopic (exact) mass is 117 g/mol. The van der Waals surface area contributed by atoms with Gasteiger partial charge in [-0.1, -0.05) is 0 Å². The maximum atomic E-state index is 10.1. The van der Waals surface area contributed by atoms with Crippen LogP contribution in [-0.2, 0) is 9.63 Å². The SMILES string of the molecule is NC=C(N)C(=O)ON. The summed E-state index contributed by atoms with van der Waals surface area (Å²) in [6.45, 7) is 0. The van der Waals surface area contributed by atoms with Crippen molar-refractivity contribution in [2.45, 2.75) is 0 Å². The molecule has 46 valence electrons. The molecule has 0 aliphatic carbocycles. The molecule has 0 aliphatic rings. The minimum Gasteiger partial charge on any atom is -0.403 e. The third-order valence-corrected chi connectivity index (χ3v) is 0.522. The fraction of sp³-hybridized carbons (Fsp3) is 0. The summed E-state index contributed by atoms with van der Waals surface area (Å²) in [5, 5.41) is 0. The smallest absolute Gasteiger partial charge is 0.374 e. The number of hydrogen-bond acceptors (Lipinski definition) is 5. The lowest BCUT2D eigenvalue weighted by molar-refractivity contribution is -0.139. The van der Waals surface area contributed by atoms with Crippen LogP contribution in [0.2, 0.25) is 0 Å². The van der Waals surface area contributed by atoms with Crippen molar-refractivity contribution in [1.82, 2.24) is 0 Å². The van der Waals surface area contributed by atoms with Gasteiger partial charge < -0.3 is 16.3 Å². The van der Waals surface area contributed by atoms with Crippen molar-refractivity contribution in [3.63, 3.8) is 0 Å². The Labute approximate surface area is 46.0 Å². The van der Waals surface area contributed by atoms with Crippen molar-refractivity contribution in [2.75, 3.05) is 0 Å². The van der Waals surface area contributed by atoms with Gasteiger partial charge >= 0.3 is 5.97 Å². The van der Waals surface area contributed by atoms with E-state index in [1.165, 1.54) is 0 Å². The number of carbonyl (C=O) groups excluding carboxylic acids is 1. The zero-order chi connectivity index (χ0) is 6.57. The molecular weight excluding hydrogens is 110 g/mol. The molecule has 0 bridgehead atoms.